The third-order valence-electron chi connectivity index (χ3n) is 3.73. The van der Waals surface area contributed by atoms with Crippen LogP contribution in [0.15, 0.2) is 48.5 Å². The first kappa shape index (κ1) is 14.4. The van der Waals surface area contributed by atoms with Gasteiger partial charge in [-0.3, -0.25) is 0 Å². The lowest BCUT2D eigenvalue weighted by Crippen LogP contribution is -2.28. The lowest BCUT2D eigenvalue weighted by atomic mass is 10.0. The standard InChI is InChI=1S/C18H23NO/c1-4-17(16-11-6-7-12-18(16)20)19(5-2)15-10-8-9-14(3)13-15/h6-13,17,20H,4-5H2,1-3H3. The molecule has 0 aliphatic carbocycles. The quantitative estimate of drug-likeness (QED) is 0.852. The smallest absolute Gasteiger partial charge is 0.120 e. The topological polar surface area (TPSA) is 23.5 Å². The van der Waals surface area contributed by atoms with Gasteiger partial charge in [0.05, 0.1) is 6.04 Å². The van der Waals surface area contributed by atoms with Crippen molar-refractivity contribution < 1.29 is 5.11 Å². The average molecular weight is 269 g/mol. The van der Waals surface area contributed by atoms with Crippen molar-refractivity contribution in [2.75, 3.05) is 11.4 Å². The first-order chi connectivity index (χ1) is 9.67. The third kappa shape index (κ3) is 2.96. The largest absolute Gasteiger partial charge is 0.508 e. The van der Waals surface area contributed by atoms with E-state index in [-0.39, 0.29) is 6.04 Å². The molecular formula is C18H23NO. The average Bonchev–Trinajstić information content (AvgIpc) is 2.45. The molecule has 0 fully saturated rings. The minimum atomic E-state index is 0.197. The minimum Gasteiger partial charge on any atom is -0.508 e. The maximum atomic E-state index is 10.1. The van der Waals surface area contributed by atoms with Crippen molar-refractivity contribution in [1.82, 2.24) is 0 Å². The molecule has 1 atom stereocenters. The summed E-state index contributed by atoms with van der Waals surface area (Å²) in [7, 11) is 0. The molecule has 106 valence electrons. The summed E-state index contributed by atoms with van der Waals surface area (Å²) < 4.78 is 0. The van der Waals surface area contributed by atoms with E-state index in [4.69, 9.17) is 0 Å². The van der Waals surface area contributed by atoms with Gasteiger partial charge in [0.25, 0.3) is 0 Å². The maximum Gasteiger partial charge on any atom is 0.120 e. The van der Waals surface area contributed by atoms with Crippen LogP contribution in [0.4, 0.5) is 5.69 Å². The molecule has 2 aromatic rings. The molecule has 20 heavy (non-hydrogen) atoms. The van der Waals surface area contributed by atoms with Crippen LogP contribution in [0, 0.1) is 6.92 Å². The predicted molar refractivity (Wildman–Crippen MR) is 85.3 cm³/mol. The summed E-state index contributed by atoms with van der Waals surface area (Å²) >= 11 is 0. The number of aryl methyl sites for hydroxylation is 1. The van der Waals surface area contributed by atoms with Gasteiger partial charge in [-0.25, -0.2) is 0 Å². The van der Waals surface area contributed by atoms with Gasteiger partial charge in [-0.15, -0.1) is 0 Å². The van der Waals surface area contributed by atoms with Gasteiger partial charge in [0, 0.05) is 17.8 Å². The normalized spacial score (nSPS) is 12.2. The second kappa shape index (κ2) is 6.47. The van der Waals surface area contributed by atoms with E-state index in [1.165, 1.54) is 11.3 Å². The lowest BCUT2D eigenvalue weighted by molar-refractivity contribution is 0.456. The monoisotopic (exact) mass is 269 g/mol. The molecule has 0 spiro atoms. The highest BCUT2D eigenvalue weighted by Gasteiger charge is 2.20. The van der Waals surface area contributed by atoms with E-state index < -0.39 is 0 Å². The molecule has 2 heteroatoms. The fourth-order valence-corrected chi connectivity index (χ4v) is 2.77. The van der Waals surface area contributed by atoms with E-state index >= 15 is 0 Å². The van der Waals surface area contributed by atoms with Crippen LogP contribution in [-0.2, 0) is 0 Å². The third-order valence-corrected chi connectivity index (χ3v) is 3.73. The summed E-state index contributed by atoms with van der Waals surface area (Å²) in [6.45, 7) is 7.34. The molecule has 0 aliphatic rings. The highest BCUT2D eigenvalue weighted by Crippen LogP contribution is 2.34. The van der Waals surface area contributed by atoms with Gasteiger partial charge in [0.2, 0.25) is 0 Å². The number of anilines is 1. The SMILES string of the molecule is CCC(c1ccccc1O)N(CC)c1cccc(C)c1. The summed E-state index contributed by atoms with van der Waals surface area (Å²) in [6, 6.07) is 16.4. The Morgan fingerprint density at radius 1 is 1.05 bits per heavy atom. The van der Waals surface area contributed by atoms with Crippen LogP contribution in [0.25, 0.3) is 0 Å². The first-order valence-electron chi connectivity index (χ1n) is 7.28. The molecule has 2 nitrogen and oxygen atoms in total. The summed E-state index contributed by atoms with van der Waals surface area (Å²) in [4.78, 5) is 2.35. The van der Waals surface area contributed by atoms with Crippen molar-refractivity contribution in [2.24, 2.45) is 0 Å². The number of rotatable bonds is 5. The summed E-state index contributed by atoms with van der Waals surface area (Å²) in [5, 5.41) is 10.1. The molecule has 0 bridgehead atoms. The van der Waals surface area contributed by atoms with Crippen LogP contribution >= 0.6 is 0 Å². The number of benzene rings is 2. The van der Waals surface area contributed by atoms with E-state index in [0.29, 0.717) is 5.75 Å². The van der Waals surface area contributed by atoms with Gasteiger partial charge in [-0.1, -0.05) is 37.3 Å². The molecule has 1 N–H and O–H groups in total. The summed E-state index contributed by atoms with van der Waals surface area (Å²) in [6.07, 6.45) is 0.958. The number of aromatic hydroxyl groups is 1. The van der Waals surface area contributed by atoms with Crippen LogP contribution in [0.3, 0.4) is 0 Å². The number of hydrogen-bond donors (Lipinski definition) is 1. The highest BCUT2D eigenvalue weighted by atomic mass is 16.3. The molecule has 2 rings (SSSR count). The van der Waals surface area contributed by atoms with Crippen molar-refractivity contribution >= 4 is 5.69 Å². The second-order valence-corrected chi connectivity index (χ2v) is 5.11. The van der Waals surface area contributed by atoms with Gasteiger partial charge < -0.3 is 10.0 Å². The molecule has 0 saturated carbocycles. The Morgan fingerprint density at radius 3 is 2.40 bits per heavy atom. The Balaban J connectivity index is 2.40. The Hall–Kier alpha value is -1.96. The van der Waals surface area contributed by atoms with Crippen LogP contribution in [0.2, 0.25) is 0 Å². The highest BCUT2D eigenvalue weighted by molar-refractivity contribution is 5.52. The number of phenols is 1. The van der Waals surface area contributed by atoms with E-state index in [1.54, 1.807) is 6.07 Å². The zero-order valence-electron chi connectivity index (χ0n) is 12.5. The zero-order chi connectivity index (χ0) is 14.5. The zero-order valence-corrected chi connectivity index (χ0v) is 12.5. The molecule has 0 radical (unpaired) electrons. The molecule has 0 aromatic heterocycles. The molecular weight excluding hydrogens is 246 g/mol. The number of phenolic OH excluding ortho intramolecular Hbond substituents is 1. The minimum absolute atomic E-state index is 0.197. The molecule has 2 aromatic carbocycles. The Bertz CT molecular complexity index is 565. The van der Waals surface area contributed by atoms with Crippen molar-refractivity contribution in [3.05, 3.63) is 59.7 Å². The van der Waals surface area contributed by atoms with Crippen molar-refractivity contribution in [3.63, 3.8) is 0 Å². The fraction of sp³-hybridized carbons (Fsp3) is 0.333. The summed E-state index contributed by atoms with van der Waals surface area (Å²) in [5.41, 5.74) is 3.47. The van der Waals surface area contributed by atoms with Crippen molar-refractivity contribution in [2.45, 2.75) is 33.2 Å². The van der Waals surface area contributed by atoms with E-state index in [0.717, 1.165) is 18.5 Å². The number of nitrogens with zero attached hydrogens (tertiary/aromatic N) is 1. The van der Waals surface area contributed by atoms with Crippen LogP contribution in [-0.4, -0.2) is 11.7 Å². The van der Waals surface area contributed by atoms with E-state index in [1.807, 2.05) is 18.2 Å². The van der Waals surface area contributed by atoms with E-state index in [2.05, 4.69) is 49.9 Å². The van der Waals surface area contributed by atoms with Crippen molar-refractivity contribution in [3.8, 4) is 5.75 Å². The molecule has 0 aliphatic heterocycles. The second-order valence-electron chi connectivity index (χ2n) is 5.11. The van der Waals surface area contributed by atoms with Crippen LogP contribution in [0.5, 0.6) is 5.75 Å². The van der Waals surface area contributed by atoms with Gasteiger partial charge in [0.1, 0.15) is 5.75 Å². The first-order valence-corrected chi connectivity index (χ1v) is 7.28. The van der Waals surface area contributed by atoms with E-state index in [9.17, 15) is 5.11 Å². The Morgan fingerprint density at radius 2 is 1.80 bits per heavy atom. The number of hydrogen-bond acceptors (Lipinski definition) is 2. The lowest BCUT2D eigenvalue weighted by Gasteiger charge is -2.33. The van der Waals surface area contributed by atoms with Gasteiger partial charge in [-0.05, 0) is 44.0 Å². The van der Waals surface area contributed by atoms with Gasteiger partial charge in [-0.2, -0.15) is 0 Å². The molecule has 0 amide bonds. The predicted octanol–water partition coefficient (Wildman–Crippen LogP) is 4.68. The van der Waals surface area contributed by atoms with Gasteiger partial charge >= 0.3 is 0 Å². The van der Waals surface area contributed by atoms with Crippen molar-refractivity contribution in [1.29, 1.82) is 0 Å². The summed E-state index contributed by atoms with van der Waals surface area (Å²) in [5.74, 6) is 0.380. The Labute approximate surface area is 121 Å². The molecule has 0 saturated heterocycles. The molecule has 0 heterocycles. The van der Waals surface area contributed by atoms with Crippen LogP contribution < -0.4 is 4.90 Å². The van der Waals surface area contributed by atoms with Crippen LogP contribution in [0.1, 0.15) is 37.4 Å². The fourth-order valence-electron chi connectivity index (χ4n) is 2.77. The van der Waals surface area contributed by atoms with Gasteiger partial charge in [0.15, 0.2) is 0 Å². The molecule has 1 unspecified atom stereocenters. The number of para-hydroxylation sites is 1. The maximum absolute atomic E-state index is 10.1. The Kier molecular flexibility index (Phi) is 4.67.